The van der Waals surface area contributed by atoms with Gasteiger partial charge in [-0.15, -0.1) is 16.4 Å². The molecule has 0 spiro atoms. The number of amides is 1. The number of rotatable bonds is 7. The van der Waals surface area contributed by atoms with Crippen molar-refractivity contribution in [2.45, 2.75) is 18.1 Å². The van der Waals surface area contributed by atoms with Crippen LogP contribution in [0.15, 0.2) is 22.7 Å². The third-order valence-corrected chi connectivity index (χ3v) is 4.10. The summed E-state index contributed by atoms with van der Waals surface area (Å²) < 4.78 is 4.96. The quantitative estimate of drug-likeness (QED) is 0.762. The molecule has 2 rings (SSSR count). The van der Waals surface area contributed by atoms with E-state index < -0.39 is 0 Å². The van der Waals surface area contributed by atoms with Crippen LogP contribution in [-0.4, -0.2) is 46.6 Å². The molecule has 1 atom stereocenters. The third kappa shape index (κ3) is 4.32. The number of nitrogens with zero attached hydrogens (tertiary/aromatic N) is 2. The molecule has 0 bridgehead atoms. The van der Waals surface area contributed by atoms with E-state index in [1.165, 1.54) is 11.8 Å². The summed E-state index contributed by atoms with van der Waals surface area (Å²) in [5, 5.41) is 12.3. The van der Waals surface area contributed by atoms with Crippen molar-refractivity contribution in [2.75, 3.05) is 19.5 Å². The van der Waals surface area contributed by atoms with E-state index in [2.05, 4.69) is 20.5 Å². The average Bonchev–Trinajstić information content (AvgIpc) is 3.07. The van der Waals surface area contributed by atoms with Crippen LogP contribution in [0, 0.1) is 0 Å². The molecule has 0 aromatic carbocycles. The van der Waals surface area contributed by atoms with Crippen LogP contribution in [0.25, 0.3) is 10.7 Å². The minimum atomic E-state index is -0.0537. The molecular weight excluding hydrogens is 296 g/mol. The van der Waals surface area contributed by atoms with Gasteiger partial charge in [-0.1, -0.05) is 17.8 Å². The molecule has 0 radical (unpaired) electrons. The maximum absolute atomic E-state index is 11.7. The van der Waals surface area contributed by atoms with Crippen LogP contribution in [0.1, 0.15) is 6.92 Å². The van der Waals surface area contributed by atoms with Crippen molar-refractivity contribution >= 4 is 29.0 Å². The molecule has 2 heterocycles. The first-order chi connectivity index (χ1) is 9.69. The smallest absolute Gasteiger partial charge is 0.230 e. The first-order valence-electron chi connectivity index (χ1n) is 6.06. The van der Waals surface area contributed by atoms with E-state index >= 15 is 0 Å². The molecular formula is C12H16N4O2S2. The molecule has 0 aliphatic heterocycles. The standard InChI is InChI=1S/C12H16N4O2S2/c1-8(6-18-2)13-10(17)7-20-12-14-11(15-16-12)9-4-3-5-19-9/h3-5,8H,6-7H2,1-2H3,(H,13,17)(H,14,15,16). The number of hydrogen-bond acceptors (Lipinski definition) is 6. The van der Waals surface area contributed by atoms with Crippen LogP contribution < -0.4 is 5.32 Å². The number of H-pyrrole nitrogens is 1. The van der Waals surface area contributed by atoms with Gasteiger partial charge < -0.3 is 10.1 Å². The van der Waals surface area contributed by atoms with Crippen LogP contribution in [-0.2, 0) is 9.53 Å². The number of thiophene rings is 1. The van der Waals surface area contributed by atoms with E-state index in [9.17, 15) is 4.79 Å². The average molecular weight is 312 g/mol. The molecule has 20 heavy (non-hydrogen) atoms. The van der Waals surface area contributed by atoms with Crippen molar-refractivity contribution in [1.82, 2.24) is 20.5 Å². The van der Waals surface area contributed by atoms with E-state index in [0.29, 0.717) is 11.8 Å². The Morgan fingerprint density at radius 3 is 3.20 bits per heavy atom. The van der Waals surface area contributed by atoms with Crippen LogP contribution in [0.2, 0.25) is 0 Å². The number of aromatic nitrogens is 3. The summed E-state index contributed by atoms with van der Waals surface area (Å²) >= 11 is 2.90. The van der Waals surface area contributed by atoms with Gasteiger partial charge in [0.2, 0.25) is 11.1 Å². The van der Waals surface area contributed by atoms with E-state index in [1.807, 2.05) is 24.4 Å². The fourth-order valence-corrected chi connectivity index (χ4v) is 2.85. The third-order valence-electron chi connectivity index (χ3n) is 2.38. The number of carbonyl (C=O) groups is 1. The van der Waals surface area contributed by atoms with Crippen molar-refractivity contribution < 1.29 is 9.53 Å². The van der Waals surface area contributed by atoms with Gasteiger partial charge in [-0.05, 0) is 18.4 Å². The molecule has 108 valence electrons. The number of aromatic amines is 1. The molecule has 0 aliphatic rings. The van der Waals surface area contributed by atoms with Gasteiger partial charge in [0.25, 0.3) is 0 Å². The minimum Gasteiger partial charge on any atom is -0.383 e. The molecule has 0 fully saturated rings. The summed E-state index contributed by atoms with van der Waals surface area (Å²) in [6.07, 6.45) is 0. The van der Waals surface area contributed by atoms with Gasteiger partial charge in [0, 0.05) is 13.2 Å². The second-order valence-corrected chi connectivity index (χ2v) is 6.05. The number of carbonyl (C=O) groups excluding carboxylic acids is 1. The Bertz CT molecular complexity index is 541. The molecule has 8 heteroatoms. The molecule has 6 nitrogen and oxygen atoms in total. The Hall–Kier alpha value is -1.38. The molecule has 0 aliphatic carbocycles. The monoisotopic (exact) mass is 312 g/mol. The number of ether oxygens (including phenoxy) is 1. The summed E-state index contributed by atoms with van der Waals surface area (Å²) in [7, 11) is 1.61. The highest BCUT2D eigenvalue weighted by atomic mass is 32.2. The van der Waals surface area contributed by atoms with Crippen LogP contribution in [0.4, 0.5) is 0 Å². The van der Waals surface area contributed by atoms with Crippen molar-refractivity contribution in [3.63, 3.8) is 0 Å². The first-order valence-corrected chi connectivity index (χ1v) is 7.93. The van der Waals surface area contributed by atoms with E-state index in [4.69, 9.17) is 4.74 Å². The summed E-state index contributed by atoms with van der Waals surface area (Å²) in [6, 6.07) is 3.93. The van der Waals surface area contributed by atoms with Gasteiger partial charge in [0.15, 0.2) is 5.82 Å². The lowest BCUT2D eigenvalue weighted by Crippen LogP contribution is -2.36. The van der Waals surface area contributed by atoms with Gasteiger partial charge >= 0.3 is 0 Å². The zero-order chi connectivity index (χ0) is 14.4. The number of hydrogen-bond donors (Lipinski definition) is 2. The predicted molar refractivity (Wildman–Crippen MR) is 79.9 cm³/mol. The highest BCUT2D eigenvalue weighted by Crippen LogP contribution is 2.22. The lowest BCUT2D eigenvalue weighted by atomic mass is 10.3. The maximum Gasteiger partial charge on any atom is 0.230 e. The number of nitrogens with one attached hydrogen (secondary N) is 2. The Morgan fingerprint density at radius 1 is 1.65 bits per heavy atom. The summed E-state index contributed by atoms with van der Waals surface area (Å²) in [6.45, 7) is 2.40. The summed E-state index contributed by atoms with van der Waals surface area (Å²) in [4.78, 5) is 17.1. The van der Waals surface area contributed by atoms with Crippen molar-refractivity contribution in [3.8, 4) is 10.7 Å². The fraction of sp³-hybridized carbons (Fsp3) is 0.417. The normalized spacial score (nSPS) is 12.3. The van der Waals surface area contributed by atoms with Crippen molar-refractivity contribution in [1.29, 1.82) is 0 Å². The summed E-state index contributed by atoms with van der Waals surface area (Å²) in [5.41, 5.74) is 0. The lowest BCUT2D eigenvalue weighted by Gasteiger charge is -2.11. The molecule has 1 unspecified atom stereocenters. The second kappa shape index (κ2) is 7.41. The summed E-state index contributed by atoms with van der Waals surface area (Å²) in [5.74, 6) is 0.966. The van der Waals surface area contributed by atoms with Gasteiger partial charge in [0.05, 0.1) is 17.2 Å². The zero-order valence-corrected chi connectivity index (χ0v) is 12.9. The largest absolute Gasteiger partial charge is 0.383 e. The minimum absolute atomic E-state index is 0.00178. The zero-order valence-electron chi connectivity index (χ0n) is 11.3. The van der Waals surface area contributed by atoms with Gasteiger partial charge in [-0.25, -0.2) is 4.98 Å². The highest BCUT2D eigenvalue weighted by Gasteiger charge is 2.11. The second-order valence-electron chi connectivity index (χ2n) is 4.16. The molecule has 0 saturated heterocycles. The number of methoxy groups -OCH3 is 1. The van der Waals surface area contributed by atoms with Crippen LogP contribution in [0.5, 0.6) is 0 Å². The van der Waals surface area contributed by atoms with Crippen molar-refractivity contribution in [3.05, 3.63) is 17.5 Å². The predicted octanol–water partition coefficient (Wildman–Crippen LogP) is 1.78. The van der Waals surface area contributed by atoms with Gasteiger partial charge in [-0.3, -0.25) is 9.89 Å². The van der Waals surface area contributed by atoms with Gasteiger partial charge in [-0.2, -0.15) is 0 Å². The molecule has 1 amide bonds. The first kappa shape index (κ1) is 15.0. The fourth-order valence-electron chi connectivity index (χ4n) is 1.57. The number of thioether (sulfide) groups is 1. The molecule has 2 N–H and O–H groups in total. The Balaban J connectivity index is 1.81. The Kier molecular flexibility index (Phi) is 5.57. The maximum atomic E-state index is 11.7. The Labute approximate surface area is 125 Å². The van der Waals surface area contributed by atoms with E-state index in [0.717, 1.165) is 10.7 Å². The molecule has 2 aromatic heterocycles. The highest BCUT2D eigenvalue weighted by molar-refractivity contribution is 7.99. The van der Waals surface area contributed by atoms with Crippen LogP contribution >= 0.6 is 23.1 Å². The molecule has 0 saturated carbocycles. The Morgan fingerprint density at radius 2 is 2.50 bits per heavy atom. The van der Waals surface area contributed by atoms with E-state index in [-0.39, 0.29) is 17.7 Å². The SMILES string of the molecule is COCC(C)NC(=O)CSc1n[nH]c(-c2cccs2)n1. The topological polar surface area (TPSA) is 79.9 Å². The van der Waals surface area contributed by atoms with Crippen molar-refractivity contribution in [2.24, 2.45) is 0 Å². The molecule has 2 aromatic rings. The van der Waals surface area contributed by atoms with Gasteiger partial charge in [0.1, 0.15) is 0 Å². The van der Waals surface area contributed by atoms with Crippen LogP contribution in [0.3, 0.4) is 0 Å². The lowest BCUT2D eigenvalue weighted by molar-refractivity contribution is -0.119. The van der Waals surface area contributed by atoms with E-state index in [1.54, 1.807) is 18.4 Å².